The molecule has 6 heteroatoms. The number of piperazine rings is 1. The van der Waals surface area contributed by atoms with Crippen molar-refractivity contribution in [3.05, 3.63) is 65.2 Å². The van der Waals surface area contributed by atoms with E-state index in [1.54, 1.807) is 53.3 Å². The molecule has 6 nitrogen and oxygen atoms in total. The summed E-state index contributed by atoms with van der Waals surface area (Å²) in [7, 11) is 1.58. The minimum Gasteiger partial charge on any atom is -0.497 e. The molecule has 152 valence electrons. The molecule has 0 N–H and O–H groups in total. The van der Waals surface area contributed by atoms with Crippen LogP contribution in [0, 0.1) is 6.92 Å². The molecule has 0 aromatic heterocycles. The molecule has 1 saturated heterocycles. The van der Waals surface area contributed by atoms with Gasteiger partial charge in [0.1, 0.15) is 5.75 Å². The first kappa shape index (κ1) is 20.6. The molecule has 2 aromatic carbocycles. The number of Topliss-reactive ketones (excluding diaryl/α,β-unsaturated/α-hetero) is 1. The lowest BCUT2D eigenvalue weighted by Gasteiger charge is -2.35. The summed E-state index contributed by atoms with van der Waals surface area (Å²) in [5.74, 6) is 0.597. The van der Waals surface area contributed by atoms with Crippen LogP contribution < -0.4 is 4.74 Å². The molecule has 1 fully saturated rings. The molecule has 0 atom stereocenters. The Balaban J connectivity index is 1.46. The molecule has 2 amide bonds. The van der Waals surface area contributed by atoms with Crippen molar-refractivity contribution in [1.82, 2.24) is 9.80 Å². The van der Waals surface area contributed by atoms with Gasteiger partial charge < -0.3 is 14.5 Å². The number of carbonyl (C=O) groups excluding carboxylic acids is 3. The van der Waals surface area contributed by atoms with E-state index in [-0.39, 0.29) is 30.4 Å². The third-order valence-corrected chi connectivity index (χ3v) is 5.20. The van der Waals surface area contributed by atoms with Crippen LogP contribution in [0.5, 0.6) is 5.75 Å². The van der Waals surface area contributed by atoms with Gasteiger partial charge in [0.05, 0.1) is 7.11 Å². The molecule has 0 radical (unpaired) electrons. The fraction of sp³-hybridized carbons (Fsp3) is 0.348. The van der Waals surface area contributed by atoms with Gasteiger partial charge in [-0.15, -0.1) is 0 Å². The number of rotatable bonds is 6. The second-order valence-corrected chi connectivity index (χ2v) is 7.19. The van der Waals surface area contributed by atoms with Crippen LogP contribution in [0.25, 0.3) is 0 Å². The molecule has 1 aliphatic rings. The van der Waals surface area contributed by atoms with Crippen LogP contribution in [0.4, 0.5) is 0 Å². The molecule has 29 heavy (non-hydrogen) atoms. The first-order valence-electron chi connectivity index (χ1n) is 9.79. The number of benzene rings is 2. The Hall–Kier alpha value is -3.15. The first-order chi connectivity index (χ1) is 14.0. The third-order valence-electron chi connectivity index (χ3n) is 5.20. The highest BCUT2D eigenvalue weighted by Gasteiger charge is 2.25. The predicted octanol–water partition coefficient (Wildman–Crippen LogP) is 2.95. The lowest BCUT2D eigenvalue weighted by molar-refractivity contribution is -0.132. The number of ketones is 1. The zero-order chi connectivity index (χ0) is 20.8. The minimum absolute atomic E-state index is 0.0216. The Bertz CT molecular complexity index is 867. The average molecular weight is 394 g/mol. The Labute approximate surface area is 171 Å². The summed E-state index contributed by atoms with van der Waals surface area (Å²) in [6.45, 7) is 3.92. The summed E-state index contributed by atoms with van der Waals surface area (Å²) < 4.78 is 5.11. The zero-order valence-corrected chi connectivity index (χ0v) is 16.9. The highest BCUT2D eigenvalue weighted by molar-refractivity contribution is 5.98. The fourth-order valence-electron chi connectivity index (χ4n) is 3.34. The number of hydrogen-bond donors (Lipinski definition) is 0. The van der Waals surface area contributed by atoms with Crippen molar-refractivity contribution in [1.29, 1.82) is 0 Å². The van der Waals surface area contributed by atoms with Gasteiger partial charge in [0, 0.05) is 50.1 Å². The van der Waals surface area contributed by atoms with Gasteiger partial charge in [0.25, 0.3) is 5.91 Å². The van der Waals surface area contributed by atoms with E-state index in [1.807, 2.05) is 19.1 Å². The zero-order valence-electron chi connectivity index (χ0n) is 16.9. The summed E-state index contributed by atoms with van der Waals surface area (Å²) >= 11 is 0. The highest BCUT2D eigenvalue weighted by Crippen LogP contribution is 2.15. The van der Waals surface area contributed by atoms with Gasteiger partial charge in [-0.25, -0.2) is 0 Å². The summed E-state index contributed by atoms with van der Waals surface area (Å²) in [6, 6.07) is 14.4. The lowest BCUT2D eigenvalue weighted by Crippen LogP contribution is -2.50. The number of hydrogen-bond acceptors (Lipinski definition) is 4. The number of aryl methyl sites for hydroxylation is 1. The van der Waals surface area contributed by atoms with Crippen LogP contribution in [-0.2, 0) is 4.79 Å². The van der Waals surface area contributed by atoms with E-state index in [1.165, 1.54) is 0 Å². The van der Waals surface area contributed by atoms with Gasteiger partial charge in [-0.3, -0.25) is 14.4 Å². The van der Waals surface area contributed by atoms with Gasteiger partial charge in [-0.1, -0.05) is 29.8 Å². The second-order valence-electron chi connectivity index (χ2n) is 7.19. The maximum Gasteiger partial charge on any atom is 0.253 e. The van der Waals surface area contributed by atoms with Crippen LogP contribution in [0.1, 0.15) is 39.1 Å². The van der Waals surface area contributed by atoms with Crippen molar-refractivity contribution in [2.45, 2.75) is 19.8 Å². The summed E-state index contributed by atoms with van der Waals surface area (Å²) in [4.78, 5) is 40.8. The quantitative estimate of drug-likeness (QED) is 0.707. The molecule has 2 aromatic rings. The SMILES string of the molecule is COc1ccc(C(=O)N2CCN(C(=O)CCC(=O)c3ccc(C)cc3)CC2)cc1. The van der Waals surface area contributed by atoms with E-state index < -0.39 is 0 Å². The predicted molar refractivity (Wildman–Crippen MR) is 110 cm³/mol. The highest BCUT2D eigenvalue weighted by atomic mass is 16.5. The largest absolute Gasteiger partial charge is 0.497 e. The van der Waals surface area contributed by atoms with Crippen molar-refractivity contribution in [2.75, 3.05) is 33.3 Å². The molecule has 3 rings (SSSR count). The first-order valence-corrected chi connectivity index (χ1v) is 9.79. The van der Waals surface area contributed by atoms with E-state index in [4.69, 9.17) is 4.74 Å². The summed E-state index contributed by atoms with van der Waals surface area (Å²) in [5, 5.41) is 0. The normalized spacial score (nSPS) is 13.9. The summed E-state index contributed by atoms with van der Waals surface area (Å²) in [6.07, 6.45) is 0.395. The standard InChI is InChI=1S/C23H26N2O4/c1-17-3-5-18(6-4-17)21(26)11-12-22(27)24-13-15-25(16-14-24)23(28)19-7-9-20(29-2)10-8-19/h3-10H,11-16H2,1-2H3. The maximum atomic E-state index is 12.6. The fourth-order valence-corrected chi connectivity index (χ4v) is 3.34. The summed E-state index contributed by atoms with van der Waals surface area (Å²) in [5.41, 5.74) is 2.34. The Kier molecular flexibility index (Phi) is 6.65. The molecule has 0 bridgehead atoms. The van der Waals surface area contributed by atoms with Gasteiger partial charge in [-0.2, -0.15) is 0 Å². The number of nitrogens with zero attached hydrogens (tertiary/aromatic N) is 2. The number of ether oxygens (including phenoxy) is 1. The number of amides is 2. The van der Waals surface area contributed by atoms with E-state index in [0.29, 0.717) is 43.1 Å². The Morgan fingerprint density at radius 3 is 1.93 bits per heavy atom. The van der Waals surface area contributed by atoms with Gasteiger partial charge in [0.2, 0.25) is 5.91 Å². The van der Waals surface area contributed by atoms with E-state index in [2.05, 4.69) is 0 Å². The van der Waals surface area contributed by atoms with Crippen molar-refractivity contribution < 1.29 is 19.1 Å². The van der Waals surface area contributed by atoms with Crippen LogP contribution in [0.3, 0.4) is 0 Å². The molecule has 1 aliphatic heterocycles. The van der Waals surface area contributed by atoms with Gasteiger partial charge >= 0.3 is 0 Å². The van der Waals surface area contributed by atoms with Crippen LogP contribution >= 0.6 is 0 Å². The second kappa shape index (κ2) is 9.37. The van der Waals surface area contributed by atoms with Crippen molar-refractivity contribution in [3.8, 4) is 5.75 Å². The van der Waals surface area contributed by atoms with Crippen LogP contribution in [0.2, 0.25) is 0 Å². The smallest absolute Gasteiger partial charge is 0.253 e. The average Bonchev–Trinajstić information content (AvgIpc) is 2.77. The van der Waals surface area contributed by atoms with Crippen LogP contribution in [-0.4, -0.2) is 60.7 Å². The molecule has 0 unspecified atom stereocenters. The monoisotopic (exact) mass is 394 g/mol. The molecule has 0 aliphatic carbocycles. The van der Waals surface area contributed by atoms with Gasteiger partial charge in [0.15, 0.2) is 5.78 Å². The molecule has 0 saturated carbocycles. The number of carbonyl (C=O) groups is 3. The Morgan fingerprint density at radius 1 is 0.793 bits per heavy atom. The van der Waals surface area contributed by atoms with E-state index in [9.17, 15) is 14.4 Å². The van der Waals surface area contributed by atoms with E-state index >= 15 is 0 Å². The van der Waals surface area contributed by atoms with Gasteiger partial charge in [-0.05, 0) is 31.2 Å². The number of methoxy groups -OCH3 is 1. The van der Waals surface area contributed by atoms with Crippen molar-refractivity contribution in [2.24, 2.45) is 0 Å². The molecule has 0 spiro atoms. The lowest BCUT2D eigenvalue weighted by atomic mass is 10.0. The molecule has 1 heterocycles. The van der Waals surface area contributed by atoms with Crippen molar-refractivity contribution in [3.63, 3.8) is 0 Å². The maximum absolute atomic E-state index is 12.6. The minimum atomic E-state index is -0.0469. The third kappa shape index (κ3) is 5.22. The molecular weight excluding hydrogens is 368 g/mol. The van der Waals surface area contributed by atoms with E-state index in [0.717, 1.165) is 5.56 Å². The van der Waals surface area contributed by atoms with Crippen molar-refractivity contribution >= 4 is 17.6 Å². The topological polar surface area (TPSA) is 66.9 Å². The molecular formula is C23H26N2O4. The van der Waals surface area contributed by atoms with Crippen LogP contribution in [0.15, 0.2) is 48.5 Å². The Morgan fingerprint density at radius 2 is 1.34 bits per heavy atom.